The number of benzene rings is 1. The molecule has 3 rings (SSSR count). The zero-order valence-corrected chi connectivity index (χ0v) is 13.6. The number of hydrogen-bond acceptors (Lipinski definition) is 6. The first-order valence-corrected chi connectivity index (χ1v) is 7.51. The minimum atomic E-state index is -0.916. The molecule has 1 atom stereocenters. The van der Waals surface area contributed by atoms with E-state index < -0.39 is 17.7 Å². The Labute approximate surface area is 142 Å². The largest absolute Gasteiger partial charge is 0.459 e. The van der Waals surface area contributed by atoms with Gasteiger partial charge in [0.25, 0.3) is 5.89 Å². The first-order chi connectivity index (χ1) is 12.0. The molecule has 0 radical (unpaired) electrons. The van der Waals surface area contributed by atoms with Gasteiger partial charge in [-0.3, -0.25) is 9.59 Å². The highest BCUT2D eigenvalue weighted by Crippen LogP contribution is 2.17. The fourth-order valence-corrected chi connectivity index (χ4v) is 2.21. The van der Waals surface area contributed by atoms with Gasteiger partial charge in [0.1, 0.15) is 6.04 Å². The molecule has 0 bridgehead atoms. The van der Waals surface area contributed by atoms with Crippen molar-refractivity contribution < 1.29 is 18.4 Å². The summed E-state index contributed by atoms with van der Waals surface area (Å²) in [4.78, 5) is 35.7. The molecule has 2 heterocycles. The molecule has 8 heteroatoms. The summed E-state index contributed by atoms with van der Waals surface area (Å²) < 4.78 is 11.1. The van der Waals surface area contributed by atoms with Gasteiger partial charge in [-0.15, -0.1) is 5.10 Å². The second-order valence-corrected chi connectivity index (χ2v) is 5.40. The molecule has 25 heavy (non-hydrogen) atoms. The van der Waals surface area contributed by atoms with Crippen LogP contribution in [-0.2, 0) is 4.79 Å². The van der Waals surface area contributed by atoms with Gasteiger partial charge in [0.05, 0.1) is 6.26 Å². The van der Waals surface area contributed by atoms with Crippen LogP contribution in [0.1, 0.15) is 30.2 Å². The van der Waals surface area contributed by atoms with Crippen LogP contribution in [0.15, 0.2) is 56.3 Å². The summed E-state index contributed by atoms with van der Waals surface area (Å²) in [6, 6.07) is 8.83. The lowest BCUT2D eigenvalue weighted by molar-refractivity contribution is -0.119. The maximum Gasteiger partial charge on any atom is 0.438 e. The van der Waals surface area contributed by atoms with E-state index in [2.05, 4.69) is 10.4 Å². The third-order valence-corrected chi connectivity index (χ3v) is 3.58. The van der Waals surface area contributed by atoms with Gasteiger partial charge < -0.3 is 14.2 Å². The van der Waals surface area contributed by atoms with Crippen molar-refractivity contribution in [1.29, 1.82) is 0 Å². The molecular weight excluding hydrogens is 326 g/mol. The van der Waals surface area contributed by atoms with E-state index in [-0.39, 0.29) is 17.4 Å². The van der Waals surface area contributed by atoms with E-state index >= 15 is 0 Å². The number of hydrogen-bond donors (Lipinski definition) is 1. The van der Waals surface area contributed by atoms with E-state index in [1.54, 1.807) is 36.4 Å². The number of nitrogens with one attached hydrogen (secondary N) is 1. The van der Waals surface area contributed by atoms with E-state index in [4.69, 9.17) is 8.83 Å². The minimum absolute atomic E-state index is 0.00627. The molecule has 3 aromatic rings. The molecule has 1 N–H and O–H groups in total. The second-order valence-electron chi connectivity index (χ2n) is 5.40. The number of anilines is 1. The number of aromatic nitrogens is 2. The Morgan fingerprint density at radius 1 is 1.24 bits per heavy atom. The van der Waals surface area contributed by atoms with Gasteiger partial charge in [0, 0.05) is 11.3 Å². The smallest absolute Gasteiger partial charge is 0.438 e. The van der Waals surface area contributed by atoms with Crippen molar-refractivity contribution in [2.24, 2.45) is 0 Å². The Kier molecular flexibility index (Phi) is 4.34. The number of nitrogens with zero attached hydrogens (tertiary/aromatic N) is 2. The topological polar surface area (TPSA) is 107 Å². The molecule has 0 aliphatic rings. The molecule has 0 fully saturated rings. The van der Waals surface area contributed by atoms with Gasteiger partial charge in [-0.1, -0.05) is 12.1 Å². The standard InChI is InChI=1S/C17H15N3O5/c1-10(15(22)18-13-6-3-5-12(9-13)11(2)21)20-17(23)25-16(19-20)14-7-4-8-24-14/h3-10H,1-2H3,(H,18,22)/t10-/m0/s1. The van der Waals surface area contributed by atoms with E-state index in [9.17, 15) is 14.4 Å². The molecule has 1 aromatic carbocycles. The van der Waals surface area contributed by atoms with Gasteiger partial charge in [0.15, 0.2) is 11.5 Å². The fraction of sp³-hybridized carbons (Fsp3) is 0.176. The lowest BCUT2D eigenvalue weighted by atomic mass is 10.1. The van der Waals surface area contributed by atoms with Crippen molar-refractivity contribution >= 4 is 17.4 Å². The number of carbonyl (C=O) groups excluding carboxylic acids is 2. The molecule has 0 spiro atoms. The first kappa shape index (κ1) is 16.4. The van der Waals surface area contributed by atoms with Gasteiger partial charge >= 0.3 is 5.76 Å². The fourth-order valence-electron chi connectivity index (χ4n) is 2.21. The van der Waals surface area contributed by atoms with Crippen LogP contribution in [0.3, 0.4) is 0 Å². The maximum atomic E-state index is 12.4. The number of ketones is 1. The van der Waals surface area contributed by atoms with Crippen LogP contribution in [0.5, 0.6) is 0 Å². The normalized spacial score (nSPS) is 11.9. The van der Waals surface area contributed by atoms with Crippen molar-refractivity contribution in [2.75, 3.05) is 5.32 Å². The Morgan fingerprint density at radius 3 is 2.72 bits per heavy atom. The Morgan fingerprint density at radius 2 is 2.04 bits per heavy atom. The second kappa shape index (κ2) is 6.60. The number of Topliss-reactive ketones (excluding diaryl/α,β-unsaturated/α-hetero) is 1. The SMILES string of the molecule is CC(=O)c1cccc(NC(=O)[C@H](C)n2nc(-c3ccco3)oc2=O)c1. The Balaban J connectivity index is 1.80. The van der Waals surface area contributed by atoms with Crippen molar-refractivity contribution in [3.8, 4) is 11.7 Å². The zero-order chi connectivity index (χ0) is 18.0. The van der Waals surface area contributed by atoms with Crippen LogP contribution in [0.2, 0.25) is 0 Å². The van der Waals surface area contributed by atoms with Crippen LogP contribution in [0, 0.1) is 0 Å². The highest BCUT2D eigenvalue weighted by atomic mass is 16.4. The average molecular weight is 341 g/mol. The van der Waals surface area contributed by atoms with Gasteiger partial charge in [-0.2, -0.15) is 4.68 Å². The quantitative estimate of drug-likeness (QED) is 0.714. The van der Waals surface area contributed by atoms with E-state index in [0.29, 0.717) is 11.3 Å². The van der Waals surface area contributed by atoms with Crippen molar-refractivity contribution in [1.82, 2.24) is 9.78 Å². The Bertz CT molecular complexity index is 968. The van der Waals surface area contributed by atoms with Gasteiger partial charge in [0.2, 0.25) is 5.91 Å². The van der Waals surface area contributed by atoms with Crippen molar-refractivity contribution in [3.63, 3.8) is 0 Å². The molecule has 128 valence electrons. The monoisotopic (exact) mass is 341 g/mol. The summed E-state index contributed by atoms with van der Waals surface area (Å²) in [5, 5.41) is 6.64. The van der Waals surface area contributed by atoms with Gasteiger partial charge in [-0.05, 0) is 38.1 Å². The van der Waals surface area contributed by atoms with E-state index in [1.165, 1.54) is 20.1 Å². The summed E-state index contributed by atoms with van der Waals surface area (Å²) >= 11 is 0. The Hall–Kier alpha value is -3.42. The van der Waals surface area contributed by atoms with Crippen molar-refractivity contribution in [3.05, 3.63) is 58.8 Å². The summed E-state index contributed by atoms with van der Waals surface area (Å²) in [6.45, 7) is 2.95. The molecule has 0 aliphatic heterocycles. The third-order valence-electron chi connectivity index (χ3n) is 3.58. The van der Waals surface area contributed by atoms with Crippen LogP contribution < -0.4 is 11.1 Å². The number of carbonyl (C=O) groups is 2. The average Bonchev–Trinajstić information content (AvgIpc) is 3.23. The summed E-state index contributed by atoms with van der Waals surface area (Å²) in [6.07, 6.45) is 1.42. The number of furan rings is 1. The lowest BCUT2D eigenvalue weighted by Crippen LogP contribution is -2.30. The third kappa shape index (κ3) is 3.42. The van der Waals surface area contributed by atoms with E-state index in [0.717, 1.165) is 4.68 Å². The molecular formula is C17H15N3O5. The number of rotatable bonds is 5. The molecule has 2 aromatic heterocycles. The molecule has 1 amide bonds. The van der Waals surface area contributed by atoms with Crippen LogP contribution in [-0.4, -0.2) is 21.5 Å². The van der Waals surface area contributed by atoms with Crippen LogP contribution >= 0.6 is 0 Å². The summed E-state index contributed by atoms with van der Waals surface area (Å²) in [7, 11) is 0. The molecule has 0 saturated carbocycles. The van der Waals surface area contributed by atoms with Crippen LogP contribution in [0.25, 0.3) is 11.7 Å². The maximum absolute atomic E-state index is 12.4. The minimum Gasteiger partial charge on any atom is -0.459 e. The first-order valence-electron chi connectivity index (χ1n) is 7.51. The zero-order valence-electron chi connectivity index (χ0n) is 13.6. The number of amides is 1. The summed E-state index contributed by atoms with van der Waals surface area (Å²) in [5.74, 6) is -1.07. The molecule has 0 unspecified atom stereocenters. The summed E-state index contributed by atoms with van der Waals surface area (Å²) in [5.41, 5.74) is 0.927. The van der Waals surface area contributed by atoms with Gasteiger partial charge in [-0.25, -0.2) is 4.79 Å². The molecule has 0 aliphatic carbocycles. The molecule has 8 nitrogen and oxygen atoms in total. The highest BCUT2D eigenvalue weighted by Gasteiger charge is 2.22. The lowest BCUT2D eigenvalue weighted by Gasteiger charge is -2.11. The predicted molar refractivity (Wildman–Crippen MR) is 88.3 cm³/mol. The van der Waals surface area contributed by atoms with Crippen molar-refractivity contribution in [2.45, 2.75) is 19.9 Å². The van der Waals surface area contributed by atoms with Crippen LogP contribution in [0.4, 0.5) is 5.69 Å². The predicted octanol–water partition coefficient (Wildman–Crippen LogP) is 2.50. The van der Waals surface area contributed by atoms with E-state index in [1.807, 2.05) is 0 Å². The highest BCUT2D eigenvalue weighted by molar-refractivity contribution is 5.97. The molecule has 0 saturated heterocycles.